The number of hydrogen-bond acceptors (Lipinski definition) is 2. The van der Waals surface area contributed by atoms with Crippen molar-refractivity contribution in [2.24, 2.45) is 17.8 Å². The van der Waals surface area contributed by atoms with Crippen molar-refractivity contribution in [2.75, 3.05) is 6.61 Å². The van der Waals surface area contributed by atoms with E-state index < -0.39 is 0 Å². The van der Waals surface area contributed by atoms with Crippen LogP contribution in [0.3, 0.4) is 0 Å². The number of aryl methyl sites for hydroxylation is 1. The van der Waals surface area contributed by atoms with Gasteiger partial charge in [0.25, 0.3) is 0 Å². The molecule has 1 heterocycles. The number of ether oxygens (including phenoxy) is 1. The molecule has 3 atom stereocenters. The molecule has 0 radical (unpaired) electrons. The van der Waals surface area contributed by atoms with Crippen LogP contribution in [0, 0.1) is 17.8 Å². The molecule has 1 aliphatic rings. The molecule has 0 aromatic carbocycles. The Hall–Kier alpha value is -0.340. The normalized spacial score (nSPS) is 26.4. The number of unbranched alkanes of at least 4 members (excludes halogenated alkanes) is 2. The van der Waals surface area contributed by atoms with Crippen molar-refractivity contribution in [3.05, 3.63) is 22.4 Å². The molecule has 2 rings (SSSR count). The largest absolute Gasteiger partial charge is 0.378 e. The van der Waals surface area contributed by atoms with Crippen LogP contribution < -0.4 is 0 Å². The highest BCUT2D eigenvalue weighted by molar-refractivity contribution is 7.07. The van der Waals surface area contributed by atoms with Crippen LogP contribution in [0.1, 0.15) is 64.9 Å². The van der Waals surface area contributed by atoms with Crippen LogP contribution in [0.15, 0.2) is 16.8 Å². The molecule has 0 saturated heterocycles. The van der Waals surface area contributed by atoms with E-state index in [1.165, 1.54) is 50.5 Å². The van der Waals surface area contributed by atoms with Gasteiger partial charge in [-0.1, -0.05) is 33.6 Å². The average Bonchev–Trinajstić information content (AvgIpc) is 2.95. The maximum absolute atomic E-state index is 6.27. The molecule has 1 aromatic rings. The summed E-state index contributed by atoms with van der Waals surface area (Å²) in [5.41, 5.74) is 1.50. The molecular formula is C19H32OS. The van der Waals surface area contributed by atoms with Crippen LogP contribution in [0.4, 0.5) is 0 Å². The Kier molecular flexibility index (Phi) is 7.25. The third kappa shape index (κ3) is 5.75. The summed E-state index contributed by atoms with van der Waals surface area (Å²) in [4.78, 5) is 0. The summed E-state index contributed by atoms with van der Waals surface area (Å²) in [6.07, 6.45) is 9.60. The van der Waals surface area contributed by atoms with Crippen molar-refractivity contribution in [1.82, 2.24) is 0 Å². The van der Waals surface area contributed by atoms with Crippen LogP contribution in [0.2, 0.25) is 0 Å². The predicted molar refractivity (Wildman–Crippen MR) is 93.0 cm³/mol. The van der Waals surface area contributed by atoms with Gasteiger partial charge in [0.2, 0.25) is 0 Å². The summed E-state index contributed by atoms with van der Waals surface area (Å²) in [5, 5.41) is 4.45. The molecule has 0 spiro atoms. The van der Waals surface area contributed by atoms with Gasteiger partial charge in [-0.25, -0.2) is 0 Å². The SMILES string of the molecule is CC(C)[C@@H]1CC[C@@H](C)C[C@H]1OCCCCCc1ccsc1. The zero-order chi connectivity index (χ0) is 15.1. The molecule has 0 amide bonds. The summed E-state index contributed by atoms with van der Waals surface area (Å²) in [5.74, 6) is 2.40. The van der Waals surface area contributed by atoms with Crippen molar-refractivity contribution in [3.8, 4) is 0 Å². The van der Waals surface area contributed by atoms with Gasteiger partial charge in [-0.05, 0) is 72.2 Å². The highest BCUT2D eigenvalue weighted by Crippen LogP contribution is 2.35. The third-order valence-electron chi connectivity index (χ3n) is 4.98. The molecule has 0 unspecified atom stereocenters. The van der Waals surface area contributed by atoms with E-state index in [0.29, 0.717) is 6.10 Å². The summed E-state index contributed by atoms with van der Waals surface area (Å²) in [6.45, 7) is 8.06. The van der Waals surface area contributed by atoms with Gasteiger partial charge < -0.3 is 4.74 Å². The summed E-state index contributed by atoms with van der Waals surface area (Å²) < 4.78 is 6.27. The first-order chi connectivity index (χ1) is 10.2. The summed E-state index contributed by atoms with van der Waals surface area (Å²) >= 11 is 1.81. The minimum absolute atomic E-state index is 0.519. The van der Waals surface area contributed by atoms with Crippen molar-refractivity contribution in [3.63, 3.8) is 0 Å². The van der Waals surface area contributed by atoms with Crippen LogP contribution in [-0.4, -0.2) is 12.7 Å². The maximum Gasteiger partial charge on any atom is 0.0608 e. The second-order valence-electron chi connectivity index (χ2n) is 7.18. The van der Waals surface area contributed by atoms with Crippen molar-refractivity contribution < 1.29 is 4.74 Å². The molecule has 21 heavy (non-hydrogen) atoms. The maximum atomic E-state index is 6.27. The van der Waals surface area contributed by atoms with E-state index in [4.69, 9.17) is 4.74 Å². The van der Waals surface area contributed by atoms with E-state index in [9.17, 15) is 0 Å². The van der Waals surface area contributed by atoms with E-state index >= 15 is 0 Å². The van der Waals surface area contributed by atoms with Crippen molar-refractivity contribution in [2.45, 2.75) is 71.8 Å². The second kappa shape index (κ2) is 8.95. The first kappa shape index (κ1) is 17.0. The van der Waals surface area contributed by atoms with Gasteiger partial charge in [0.1, 0.15) is 0 Å². The molecule has 1 saturated carbocycles. The minimum Gasteiger partial charge on any atom is -0.378 e. The average molecular weight is 309 g/mol. The Balaban J connectivity index is 1.60. The zero-order valence-corrected chi connectivity index (χ0v) is 14.8. The molecular weight excluding hydrogens is 276 g/mol. The lowest BCUT2D eigenvalue weighted by Gasteiger charge is -2.37. The highest BCUT2D eigenvalue weighted by atomic mass is 32.1. The Bertz CT molecular complexity index is 371. The molecule has 120 valence electrons. The zero-order valence-electron chi connectivity index (χ0n) is 14.0. The molecule has 2 heteroatoms. The molecule has 0 aliphatic heterocycles. The van der Waals surface area contributed by atoms with Crippen LogP contribution in [0.25, 0.3) is 0 Å². The Morgan fingerprint density at radius 1 is 1.24 bits per heavy atom. The molecule has 1 aromatic heterocycles. The highest BCUT2D eigenvalue weighted by Gasteiger charge is 2.31. The topological polar surface area (TPSA) is 9.23 Å². The van der Waals surface area contributed by atoms with E-state index in [0.717, 1.165) is 24.4 Å². The van der Waals surface area contributed by atoms with Gasteiger partial charge in [0, 0.05) is 6.61 Å². The minimum atomic E-state index is 0.519. The quantitative estimate of drug-likeness (QED) is 0.540. The fourth-order valence-corrected chi connectivity index (χ4v) is 4.29. The molecule has 0 N–H and O–H groups in total. The van der Waals surface area contributed by atoms with Crippen molar-refractivity contribution >= 4 is 11.3 Å². The first-order valence-corrected chi connectivity index (χ1v) is 9.73. The first-order valence-electron chi connectivity index (χ1n) is 8.79. The smallest absolute Gasteiger partial charge is 0.0608 e. The Morgan fingerprint density at radius 2 is 2.10 bits per heavy atom. The van der Waals surface area contributed by atoms with Gasteiger partial charge in [0.05, 0.1) is 6.10 Å². The lowest BCUT2D eigenvalue weighted by Crippen LogP contribution is -2.34. The van der Waals surface area contributed by atoms with E-state index in [1.807, 2.05) is 0 Å². The van der Waals surface area contributed by atoms with Crippen LogP contribution >= 0.6 is 11.3 Å². The van der Waals surface area contributed by atoms with E-state index in [2.05, 4.69) is 37.6 Å². The third-order valence-corrected chi connectivity index (χ3v) is 5.72. The number of thiophene rings is 1. The van der Waals surface area contributed by atoms with Crippen LogP contribution in [-0.2, 0) is 11.2 Å². The Morgan fingerprint density at radius 3 is 2.81 bits per heavy atom. The number of rotatable bonds is 8. The lowest BCUT2D eigenvalue weighted by molar-refractivity contribution is -0.0394. The molecule has 1 fully saturated rings. The number of hydrogen-bond donors (Lipinski definition) is 0. The van der Waals surface area contributed by atoms with E-state index in [-0.39, 0.29) is 0 Å². The lowest BCUT2D eigenvalue weighted by atomic mass is 9.75. The van der Waals surface area contributed by atoms with Crippen LogP contribution in [0.5, 0.6) is 0 Å². The summed E-state index contributed by atoms with van der Waals surface area (Å²) in [7, 11) is 0. The fraction of sp³-hybridized carbons (Fsp3) is 0.789. The van der Waals surface area contributed by atoms with E-state index in [1.54, 1.807) is 11.3 Å². The fourth-order valence-electron chi connectivity index (χ4n) is 3.58. The van der Waals surface area contributed by atoms with Gasteiger partial charge in [0.15, 0.2) is 0 Å². The summed E-state index contributed by atoms with van der Waals surface area (Å²) in [6, 6.07) is 2.25. The Labute approximate surface area is 135 Å². The van der Waals surface area contributed by atoms with Gasteiger partial charge >= 0.3 is 0 Å². The predicted octanol–water partition coefficient (Wildman–Crippen LogP) is 5.94. The molecule has 1 aliphatic carbocycles. The van der Waals surface area contributed by atoms with Gasteiger partial charge in [-0.3, -0.25) is 0 Å². The second-order valence-corrected chi connectivity index (χ2v) is 7.96. The van der Waals surface area contributed by atoms with Gasteiger partial charge in [-0.15, -0.1) is 0 Å². The monoisotopic (exact) mass is 308 g/mol. The molecule has 0 bridgehead atoms. The van der Waals surface area contributed by atoms with Gasteiger partial charge in [-0.2, -0.15) is 11.3 Å². The standard InChI is InChI=1S/C19H32OS/c1-15(2)18-9-8-16(3)13-19(18)20-11-6-4-5-7-17-10-12-21-14-17/h10,12,14-16,18-19H,4-9,11,13H2,1-3H3/t16-,18+,19-/m1/s1. The molecule has 1 nitrogen and oxygen atoms in total. The van der Waals surface area contributed by atoms with Crippen molar-refractivity contribution in [1.29, 1.82) is 0 Å².